The van der Waals surface area contributed by atoms with Gasteiger partial charge in [-0.3, -0.25) is 4.68 Å². The average Bonchev–Trinajstić information content (AvgIpc) is 2.71. The highest BCUT2D eigenvalue weighted by atomic mass is 79.9. The Bertz CT molecular complexity index is 510. The van der Waals surface area contributed by atoms with Crippen LogP contribution in [0.2, 0.25) is 0 Å². The van der Waals surface area contributed by atoms with Gasteiger partial charge in [0.25, 0.3) is 0 Å². The van der Waals surface area contributed by atoms with Crippen molar-refractivity contribution in [2.45, 2.75) is 13.1 Å². The third kappa shape index (κ3) is 2.92. The van der Waals surface area contributed by atoms with E-state index in [1.807, 2.05) is 19.2 Å². The molecule has 0 aliphatic carbocycles. The number of nitrogens with zero attached hydrogens (tertiary/aromatic N) is 2. The van der Waals surface area contributed by atoms with Crippen molar-refractivity contribution in [3.8, 4) is 0 Å². The predicted octanol–water partition coefficient (Wildman–Crippen LogP) is 2.55. The molecule has 0 unspecified atom stereocenters. The lowest BCUT2D eigenvalue weighted by Crippen LogP contribution is -2.13. The van der Waals surface area contributed by atoms with Crippen molar-refractivity contribution in [1.82, 2.24) is 15.1 Å². The molecule has 1 aromatic heterocycles. The van der Waals surface area contributed by atoms with Crippen LogP contribution in [0.5, 0.6) is 0 Å². The first-order chi connectivity index (χ1) is 8.20. The second-order valence-electron chi connectivity index (χ2n) is 3.75. The van der Waals surface area contributed by atoms with Crippen LogP contribution < -0.4 is 5.32 Å². The van der Waals surface area contributed by atoms with Gasteiger partial charge < -0.3 is 5.32 Å². The molecule has 0 bridgehead atoms. The lowest BCUT2D eigenvalue weighted by Gasteiger charge is -2.08. The van der Waals surface area contributed by atoms with E-state index in [2.05, 4.69) is 26.3 Å². The second-order valence-corrected chi connectivity index (χ2v) is 4.66. The Kier molecular flexibility index (Phi) is 3.91. The summed E-state index contributed by atoms with van der Waals surface area (Å²) < 4.78 is 16.2. The largest absolute Gasteiger partial charge is 0.314 e. The molecule has 3 nitrogen and oxygen atoms in total. The van der Waals surface area contributed by atoms with Gasteiger partial charge in [-0.15, -0.1) is 0 Å². The van der Waals surface area contributed by atoms with Crippen LogP contribution in [0.4, 0.5) is 4.39 Å². The summed E-state index contributed by atoms with van der Waals surface area (Å²) in [6.07, 6.45) is 1.73. The van der Waals surface area contributed by atoms with E-state index in [-0.39, 0.29) is 5.82 Å². The summed E-state index contributed by atoms with van der Waals surface area (Å²) in [5.74, 6) is -0.217. The van der Waals surface area contributed by atoms with Crippen LogP contribution in [0.15, 0.2) is 34.9 Å². The molecule has 0 aliphatic heterocycles. The van der Waals surface area contributed by atoms with Gasteiger partial charge in [0.2, 0.25) is 0 Å². The second kappa shape index (κ2) is 5.42. The van der Waals surface area contributed by atoms with Crippen molar-refractivity contribution in [3.63, 3.8) is 0 Å². The minimum absolute atomic E-state index is 0.217. The Morgan fingerprint density at radius 3 is 2.94 bits per heavy atom. The molecule has 1 N–H and O–H groups in total. The number of hydrogen-bond acceptors (Lipinski definition) is 2. The van der Waals surface area contributed by atoms with Crippen molar-refractivity contribution in [1.29, 1.82) is 0 Å². The maximum atomic E-state index is 13.7. The topological polar surface area (TPSA) is 29.9 Å². The first kappa shape index (κ1) is 12.3. The van der Waals surface area contributed by atoms with E-state index in [4.69, 9.17) is 0 Å². The van der Waals surface area contributed by atoms with E-state index in [1.54, 1.807) is 16.9 Å². The summed E-state index contributed by atoms with van der Waals surface area (Å²) in [5, 5.41) is 7.25. The Hall–Kier alpha value is -1.20. The zero-order valence-corrected chi connectivity index (χ0v) is 11.0. The fraction of sp³-hybridized carbons (Fsp3) is 0.250. The summed E-state index contributed by atoms with van der Waals surface area (Å²) in [5.41, 5.74) is 1.67. The molecule has 1 aromatic carbocycles. The van der Waals surface area contributed by atoms with Crippen LogP contribution >= 0.6 is 15.9 Å². The van der Waals surface area contributed by atoms with E-state index in [9.17, 15) is 4.39 Å². The molecule has 2 aromatic rings. The molecule has 17 heavy (non-hydrogen) atoms. The fourth-order valence-electron chi connectivity index (χ4n) is 1.64. The highest BCUT2D eigenvalue weighted by Gasteiger charge is 2.07. The molecule has 0 atom stereocenters. The fourth-order valence-corrected chi connectivity index (χ4v) is 1.98. The summed E-state index contributed by atoms with van der Waals surface area (Å²) in [6, 6.07) is 6.99. The third-order valence-electron chi connectivity index (χ3n) is 2.50. The SMILES string of the molecule is CNCc1ccnn1Cc1ccc(Br)cc1F. The zero-order chi connectivity index (χ0) is 12.3. The number of hydrogen-bond donors (Lipinski definition) is 1. The number of nitrogens with one attached hydrogen (secondary N) is 1. The summed E-state index contributed by atoms with van der Waals surface area (Å²) in [7, 11) is 1.87. The van der Waals surface area contributed by atoms with Crippen LogP contribution in [0, 0.1) is 5.82 Å². The number of halogens is 2. The van der Waals surface area contributed by atoms with Gasteiger partial charge in [-0.05, 0) is 25.2 Å². The molecule has 0 radical (unpaired) electrons. The minimum Gasteiger partial charge on any atom is -0.314 e. The molecule has 0 amide bonds. The number of rotatable bonds is 4. The van der Waals surface area contributed by atoms with E-state index >= 15 is 0 Å². The summed E-state index contributed by atoms with van der Waals surface area (Å²) >= 11 is 3.24. The Labute approximate surface area is 108 Å². The van der Waals surface area contributed by atoms with E-state index in [0.29, 0.717) is 12.1 Å². The quantitative estimate of drug-likeness (QED) is 0.940. The van der Waals surface area contributed by atoms with Crippen molar-refractivity contribution in [2.75, 3.05) is 7.05 Å². The van der Waals surface area contributed by atoms with Gasteiger partial charge in [0.1, 0.15) is 5.82 Å². The van der Waals surface area contributed by atoms with Gasteiger partial charge in [0, 0.05) is 22.8 Å². The van der Waals surface area contributed by atoms with Crippen LogP contribution in [0.1, 0.15) is 11.3 Å². The van der Waals surface area contributed by atoms with Crippen molar-refractivity contribution >= 4 is 15.9 Å². The van der Waals surface area contributed by atoms with Gasteiger partial charge in [-0.2, -0.15) is 5.10 Å². The van der Waals surface area contributed by atoms with Crippen LogP contribution in [-0.2, 0) is 13.1 Å². The highest BCUT2D eigenvalue weighted by Crippen LogP contribution is 2.16. The van der Waals surface area contributed by atoms with Crippen molar-refractivity contribution in [2.24, 2.45) is 0 Å². The summed E-state index contributed by atoms with van der Waals surface area (Å²) in [4.78, 5) is 0. The highest BCUT2D eigenvalue weighted by molar-refractivity contribution is 9.10. The van der Waals surface area contributed by atoms with E-state index < -0.39 is 0 Å². The molecule has 0 saturated heterocycles. The predicted molar refractivity (Wildman–Crippen MR) is 68.2 cm³/mol. The van der Waals surface area contributed by atoms with Crippen LogP contribution in [-0.4, -0.2) is 16.8 Å². The number of benzene rings is 1. The maximum absolute atomic E-state index is 13.7. The smallest absolute Gasteiger partial charge is 0.129 e. The molecular formula is C12H13BrFN3. The van der Waals surface area contributed by atoms with Crippen LogP contribution in [0.3, 0.4) is 0 Å². The first-order valence-corrected chi connectivity index (χ1v) is 6.09. The van der Waals surface area contributed by atoms with Gasteiger partial charge in [-0.25, -0.2) is 4.39 Å². The monoisotopic (exact) mass is 297 g/mol. The van der Waals surface area contributed by atoms with Gasteiger partial charge in [0.05, 0.1) is 12.2 Å². The first-order valence-electron chi connectivity index (χ1n) is 5.30. The Balaban J connectivity index is 2.22. The van der Waals surface area contributed by atoms with Gasteiger partial charge in [-0.1, -0.05) is 22.0 Å². The molecule has 90 valence electrons. The molecule has 0 saturated carbocycles. The molecular weight excluding hydrogens is 285 g/mol. The normalized spacial score (nSPS) is 10.8. The van der Waals surface area contributed by atoms with Gasteiger partial charge in [0.15, 0.2) is 0 Å². The number of aromatic nitrogens is 2. The Morgan fingerprint density at radius 2 is 2.24 bits per heavy atom. The molecule has 5 heteroatoms. The molecule has 1 heterocycles. The molecule has 0 aliphatic rings. The van der Waals surface area contributed by atoms with Crippen molar-refractivity contribution < 1.29 is 4.39 Å². The Morgan fingerprint density at radius 1 is 1.41 bits per heavy atom. The third-order valence-corrected chi connectivity index (χ3v) is 2.99. The van der Waals surface area contributed by atoms with Crippen LogP contribution in [0.25, 0.3) is 0 Å². The van der Waals surface area contributed by atoms with E-state index in [0.717, 1.165) is 16.7 Å². The minimum atomic E-state index is -0.217. The lowest BCUT2D eigenvalue weighted by atomic mass is 10.2. The van der Waals surface area contributed by atoms with Gasteiger partial charge >= 0.3 is 0 Å². The van der Waals surface area contributed by atoms with Crippen molar-refractivity contribution in [3.05, 3.63) is 52.0 Å². The van der Waals surface area contributed by atoms with E-state index in [1.165, 1.54) is 6.07 Å². The lowest BCUT2D eigenvalue weighted by molar-refractivity contribution is 0.568. The molecule has 0 fully saturated rings. The zero-order valence-electron chi connectivity index (χ0n) is 9.45. The summed E-state index contributed by atoms with van der Waals surface area (Å²) in [6.45, 7) is 1.17. The standard InChI is InChI=1S/C12H13BrFN3/c1-15-7-11-4-5-16-17(11)8-9-2-3-10(13)6-12(9)14/h2-6,15H,7-8H2,1H3. The maximum Gasteiger partial charge on any atom is 0.129 e. The molecule has 2 rings (SSSR count). The average molecular weight is 298 g/mol. The molecule has 0 spiro atoms.